The smallest absolute Gasteiger partial charge is 0.219 e. The van der Waals surface area contributed by atoms with Crippen molar-refractivity contribution in [3.05, 3.63) is 0 Å². The fraction of sp³-hybridized carbons (Fsp3) is 0.909. The van der Waals surface area contributed by atoms with Crippen molar-refractivity contribution >= 4 is 5.91 Å². The molecule has 0 aromatic heterocycles. The van der Waals surface area contributed by atoms with Gasteiger partial charge in [-0.2, -0.15) is 0 Å². The molecular formula is C11H23NO. The molecular weight excluding hydrogens is 162 g/mol. The minimum Gasteiger partial charge on any atom is -0.359 e. The van der Waals surface area contributed by atoms with E-state index in [1.54, 1.807) is 7.05 Å². The number of hydrogen-bond donors (Lipinski definition) is 1. The second-order valence-corrected chi connectivity index (χ2v) is 4.07. The van der Waals surface area contributed by atoms with E-state index in [4.69, 9.17) is 0 Å². The summed E-state index contributed by atoms with van der Waals surface area (Å²) < 4.78 is 0. The predicted molar refractivity (Wildman–Crippen MR) is 56.5 cm³/mol. The molecule has 0 aromatic rings. The summed E-state index contributed by atoms with van der Waals surface area (Å²) in [6.45, 7) is 6.72. The Hall–Kier alpha value is -0.530. The van der Waals surface area contributed by atoms with Gasteiger partial charge >= 0.3 is 0 Å². The molecule has 0 aliphatic heterocycles. The van der Waals surface area contributed by atoms with Crippen LogP contribution in [0, 0.1) is 11.8 Å². The topological polar surface area (TPSA) is 29.1 Å². The van der Waals surface area contributed by atoms with Crippen molar-refractivity contribution in [3.63, 3.8) is 0 Å². The minimum absolute atomic E-state index is 0.163. The van der Waals surface area contributed by atoms with Crippen molar-refractivity contribution in [2.75, 3.05) is 7.05 Å². The van der Waals surface area contributed by atoms with Gasteiger partial charge < -0.3 is 5.32 Å². The molecule has 1 amide bonds. The SMILES string of the molecule is CCC(C)CC(C)CCC(=O)NC. The van der Waals surface area contributed by atoms with Crippen molar-refractivity contribution in [1.29, 1.82) is 0 Å². The van der Waals surface area contributed by atoms with Gasteiger partial charge in [0.25, 0.3) is 0 Å². The zero-order valence-corrected chi connectivity index (χ0v) is 9.39. The normalized spacial score (nSPS) is 15.1. The van der Waals surface area contributed by atoms with E-state index < -0.39 is 0 Å². The molecule has 1 N–H and O–H groups in total. The first-order valence-corrected chi connectivity index (χ1v) is 5.30. The number of carbonyl (C=O) groups excluding carboxylic acids is 1. The molecule has 0 aromatic carbocycles. The predicted octanol–water partition coefficient (Wildman–Crippen LogP) is 2.58. The third kappa shape index (κ3) is 6.62. The van der Waals surface area contributed by atoms with Crippen LogP contribution in [0.3, 0.4) is 0 Å². The molecule has 0 saturated heterocycles. The van der Waals surface area contributed by atoms with Crippen molar-refractivity contribution in [2.24, 2.45) is 11.8 Å². The lowest BCUT2D eigenvalue weighted by Gasteiger charge is -2.14. The highest BCUT2D eigenvalue weighted by Gasteiger charge is 2.08. The number of nitrogens with one attached hydrogen (secondary N) is 1. The van der Waals surface area contributed by atoms with E-state index in [1.807, 2.05) is 0 Å². The van der Waals surface area contributed by atoms with Crippen molar-refractivity contribution in [2.45, 2.75) is 46.5 Å². The van der Waals surface area contributed by atoms with Crippen LogP contribution >= 0.6 is 0 Å². The van der Waals surface area contributed by atoms with E-state index >= 15 is 0 Å². The number of carbonyl (C=O) groups is 1. The molecule has 0 aliphatic carbocycles. The van der Waals surface area contributed by atoms with Crippen LogP contribution in [0.15, 0.2) is 0 Å². The number of rotatable bonds is 6. The van der Waals surface area contributed by atoms with E-state index in [2.05, 4.69) is 26.1 Å². The molecule has 0 rings (SSSR count). The molecule has 13 heavy (non-hydrogen) atoms. The Bertz CT molecular complexity index is 145. The average Bonchev–Trinajstić information content (AvgIpc) is 2.13. The highest BCUT2D eigenvalue weighted by Crippen LogP contribution is 2.18. The number of hydrogen-bond acceptors (Lipinski definition) is 1. The maximum Gasteiger partial charge on any atom is 0.219 e. The third-order valence-corrected chi connectivity index (χ3v) is 2.64. The summed E-state index contributed by atoms with van der Waals surface area (Å²) in [5.41, 5.74) is 0. The lowest BCUT2D eigenvalue weighted by Crippen LogP contribution is -2.18. The Morgan fingerprint density at radius 2 is 1.92 bits per heavy atom. The minimum atomic E-state index is 0.163. The highest BCUT2D eigenvalue weighted by molar-refractivity contribution is 5.75. The molecule has 2 nitrogen and oxygen atoms in total. The largest absolute Gasteiger partial charge is 0.359 e. The van der Waals surface area contributed by atoms with Crippen LogP contribution in [0.25, 0.3) is 0 Å². The van der Waals surface area contributed by atoms with Gasteiger partial charge in [0.1, 0.15) is 0 Å². The quantitative estimate of drug-likeness (QED) is 0.677. The maximum absolute atomic E-state index is 11.0. The zero-order chi connectivity index (χ0) is 10.3. The lowest BCUT2D eigenvalue weighted by molar-refractivity contribution is -0.120. The summed E-state index contributed by atoms with van der Waals surface area (Å²) in [6, 6.07) is 0. The summed E-state index contributed by atoms with van der Waals surface area (Å²) in [6.07, 6.45) is 4.18. The van der Waals surface area contributed by atoms with Crippen LogP contribution in [-0.2, 0) is 4.79 Å². The summed E-state index contributed by atoms with van der Waals surface area (Å²) in [5, 5.41) is 2.65. The van der Waals surface area contributed by atoms with Gasteiger partial charge in [-0.1, -0.05) is 27.2 Å². The molecule has 0 saturated carbocycles. The Labute approximate surface area is 82.1 Å². The Morgan fingerprint density at radius 3 is 2.38 bits per heavy atom. The molecule has 0 bridgehead atoms. The van der Waals surface area contributed by atoms with Gasteiger partial charge in [0.15, 0.2) is 0 Å². The van der Waals surface area contributed by atoms with Gasteiger partial charge in [-0.15, -0.1) is 0 Å². The van der Waals surface area contributed by atoms with Crippen LogP contribution < -0.4 is 5.32 Å². The molecule has 2 heteroatoms. The number of amides is 1. The maximum atomic E-state index is 11.0. The van der Waals surface area contributed by atoms with Crippen molar-refractivity contribution in [1.82, 2.24) is 5.32 Å². The Kier molecular flexibility index (Phi) is 6.65. The van der Waals surface area contributed by atoms with E-state index in [-0.39, 0.29) is 5.91 Å². The Morgan fingerprint density at radius 1 is 1.31 bits per heavy atom. The monoisotopic (exact) mass is 185 g/mol. The van der Waals surface area contributed by atoms with Gasteiger partial charge in [0.05, 0.1) is 0 Å². The van der Waals surface area contributed by atoms with Gasteiger partial charge in [-0.05, 0) is 24.7 Å². The van der Waals surface area contributed by atoms with E-state index in [1.165, 1.54) is 12.8 Å². The molecule has 2 atom stereocenters. The second kappa shape index (κ2) is 6.93. The molecule has 0 aliphatic rings. The van der Waals surface area contributed by atoms with E-state index in [0.717, 1.165) is 12.3 Å². The van der Waals surface area contributed by atoms with Gasteiger partial charge in [-0.25, -0.2) is 0 Å². The van der Waals surface area contributed by atoms with Crippen LogP contribution in [-0.4, -0.2) is 13.0 Å². The van der Waals surface area contributed by atoms with Crippen LogP contribution in [0.4, 0.5) is 0 Å². The van der Waals surface area contributed by atoms with Crippen molar-refractivity contribution in [3.8, 4) is 0 Å². The molecule has 2 unspecified atom stereocenters. The fourth-order valence-electron chi connectivity index (χ4n) is 1.47. The third-order valence-electron chi connectivity index (χ3n) is 2.64. The first-order valence-electron chi connectivity index (χ1n) is 5.30. The van der Waals surface area contributed by atoms with E-state index in [0.29, 0.717) is 12.3 Å². The molecule has 0 heterocycles. The molecule has 0 fully saturated rings. The van der Waals surface area contributed by atoms with Crippen LogP contribution in [0.5, 0.6) is 0 Å². The summed E-state index contributed by atoms with van der Waals surface area (Å²) in [7, 11) is 1.70. The fourth-order valence-corrected chi connectivity index (χ4v) is 1.47. The second-order valence-electron chi connectivity index (χ2n) is 4.07. The first kappa shape index (κ1) is 12.5. The first-order chi connectivity index (χ1) is 6.10. The average molecular weight is 185 g/mol. The molecule has 0 radical (unpaired) electrons. The summed E-state index contributed by atoms with van der Waals surface area (Å²) in [4.78, 5) is 11.0. The van der Waals surface area contributed by atoms with E-state index in [9.17, 15) is 4.79 Å². The van der Waals surface area contributed by atoms with Crippen molar-refractivity contribution < 1.29 is 4.79 Å². The Balaban J connectivity index is 3.50. The summed E-state index contributed by atoms with van der Waals surface area (Å²) in [5.74, 6) is 1.63. The van der Waals surface area contributed by atoms with Gasteiger partial charge in [0, 0.05) is 13.5 Å². The van der Waals surface area contributed by atoms with Gasteiger partial charge in [-0.3, -0.25) is 4.79 Å². The standard InChI is InChI=1S/C11H23NO/c1-5-9(2)8-10(3)6-7-11(13)12-4/h9-10H,5-8H2,1-4H3,(H,12,13). The molecule has 78 valence electrons. The summed E-state index contributed by atoms with van der Waals surface area (Å²) >= 11 is 0. The van der Waals surface area contributed by atoms with Crippen LogP contribution in [0.2, 0.25) is 0 Å². The zero-order valence-electron chi connectivity index (χ0n) is 9.39. The van der Waals surface area contributed by atoms with Gasteiger partial charge in [0.2, 0.25) is 5.91 Å². The van der Waals surface area contributed by atoms with Crippen LogP contribution in [0.1, 0.15) is 46.5 Å². The molecule has 0 spiro atoms. The lowest BCUT2D eigenvalue weighted by atomic mass is 9.92. The highest BCUT2D eigenvalue weighted by atomic mass is 16.1.